The summed E-state index contributed by atoms with van der Waals surface area (Å²) < 4.78 is 32.0. The molecule has 1 N–H and O–H groups in total. The van der Waals surface area contributed by atoms with Crippen LogP contribution in [0.1, 0.15) is 0 Å². The van der Waals surface area contributed by atoms with Crippen molar-refractivity contribution in [2.45, 2.75) is 4.90 Å². The van der Waals surface area contributed by atoms with Gasteiger partial charge in [0.1, 0.15) is 0 Å². The monoisotopic (exact) mass is 427 g/mol. The molecule has 8 heteroatoms. The first-order chi connectivity index (χ1) is 13.5. The average Bonchev–Trinajstić information content (AvgIpc) is 3.16. The molecule has 140 valence electrons. The maximum Gasteiger partial charge on any atom is 0.263 e. The Morgan fingerprint density at radius 3 is 2.18 bits per heavy atom. The summed E-state index contributed by atoms with van der Waals surface area (Å²) in [5.41, 5.74) is 2.61. The van der Waals surface area contributed by atoms with Crippen molar-refractivity contribution >= 4 is 38.3 Å². The fourth-order valence-electron chi connectivity index (χ4n) is 2.65. The van der Waals surface area contributed by atoms with E-state index >= 15 is 0 Å². The molecule has 0 saturated carbocycles. The summed E-state index contributed by atoms with van der Waals surface area (Å²) in [7, 11) is -3.77. The van der Waals surface area contributed by atoms with Crippen LogP contribution in [0.15, 0.2) is 83.8 Å². The van der Waals surface area contributed by atoms with Crippen LogP contribution in [0.4, 0.5) is 5.13 Å². The summed E-state index contributed by atoms with van der Waals surface area (Å²) in [6.07, 6.45) is 0. The molecular formula is C20H14ClN3O2S2. The number of benzene rings is 3. The van der Waals surface area contributed by atoms with Gasteiger partial charge < -0.3 is 0 Å². The molecular weight excluding hydrogens is 414 g/mol. The van der Waals surface area contributed by atoms with Crippen LogP contribution in [0.5, 0.6) is 0 Å². The Morgan fingerprint density at radius 2 is 1.46 bits per heavy atom. The van der Waals surface area contributed by atoms with Crippen molar-refractivity contribution in [1.82, 2.24) is 9.36 Å². The minimum absolute atomic E-state index is 0.154. The molecule has 0 fully saturated rings. The highest BCUT2D eigenvalue weighted by Crippen LogP contribution is 2.29. The molecule has 0 saturated heterocycles. The maximum absolute atomic E-state index is 12.7. The number of nitrogens with zero attached hydrogens (tertiary/aromatic N) is 2. The number of nitrogens with one attached hydrogen (secondary N) is 1. The minimum atomic E-state index is -3.77. The second kappa shape index (κ2) is 7.71. The van der Waals surface area contributed by atoms with Gasteiger partial charge in [-0.1, -0.05) is 66.2 Å². The lowest BCUT2D eigenvalue weighted by Crippen LogP contribution is -2.12. The third-order valence-electron chi connectivity index (χ3n) is 4.03. The Morgan fingerprint density at radius 1 is 0.821 bits per heavy atom. The van der Waals surface area contributed by atoms with Gasteiger partial charge in [-0.25, -0.2) is 8.42 Å². The summed E-state index contributed by atoms with van der Waals surface area (Å²) in [5.74, 6) is 0.382. The van der Waals surface area contributed by atoms with Gasteiger partial charge in [-0.3, -0.25) is 4.72 Å². The molecule has 1 heterocycles. The molecule has 0 atom stereocenters. The second-order valence-corrected chi connectivity index (χ2v) is 8.74. The summed E-state index contributed by atoms with van der Waals surface area (Å²) in [4.78, 5) is 4.40. The Hall–Kier alpha value is -2.74. The van der Waals surface area contributed by atoms with Gasteiger partial charge in [0.25, 0.3) is 10.0 Å². The Bertz CT molecular complexity index is 1210. The van der Waals surface area contributed by atoms with Crippen molar-refractivity contribution in [2.75, 3.05) is 4.72 Å². The molecule has 0 spiro atoms. The Labute approximate surface area is 171 Å². The fourth-order valence-corrected chi connectivity index (χ4v) is 4.67. The van der Waals surface area contributed by atoms with Crippen LogP contribution >= 0.6 is 23.1 Å². The highest BCUT2D eigenvalue weighted by molar-refractivity contribution is 7.93. The van der Waals surface area contributed by atoms with Crippen LogP contribution in [-0.2, 0) is 10.0 Å². The van der Waals surface area contributed by atoms with Crippen molar-refractivity contribution in [2.24, 2.45) is 0 Å². The van der Waals surface area contributed by atoms with E-state index in [-0.39, 0.29) is 10.0 Å². The highest BCUT2D eigenvalue weighted by atomic mass is 35.5. The zero-order valence-corrected chi connectivity index (χ0v) is 16.8. The molecule has 0 radical (unpaired) electrons. The third-order valence-corrected chi connectivity index (χ3v) is 6.48. The van der Waals surface area contributed by atoms with E-state index in [1.807, 2.05) is 36.4 Å². The third kappa shape index (κ3) is 3.91. The summed E-state index contributed by atoms with van der Waals surface area (Å²) in [5, 5.41) is 0.688. The minimum Gasteiger partial charge on any atom is -0.253 e. The molecule has 0 aliphatic carbocycles. The highest BCUT2D eigenvalue weighted by Gasteiger charge is 2.18. The molecule has 28 heavy (non-hydrogen) atoms. The smallest absolute Gasteiger partial charge is 0.253 e. The van der Waals surface area contributed by atoms with Crippen LogP contribution in [-0.4, -0.2) is 17.8 Å². The molecule has 4 rings (SSSR count). The second-order valence-electron chi connectivity index (χ2n) is 5.90. The lowest BCUT2D eigenvalue weighted by Gasteiger charge is -2.06. The zero-order valence-electron chi connectivity index (χ0n) is 14.4. The normalized spacial score (nSPS) is 11.3. The Balaban J connectivity index is 1.56. The first-order valence-corrected chi connectivity index (χ1v) is 10.9. The van der Waals surface area contributed by atoms with E-state index in [1.54, 1.807) is 42.5 Å². The van der Waals surface area contributed by atoms with E-state index in [4.69, 9.17) is 11.6 Å². The van der Waals surface area contributed by atoms with Crippen molar-refractivity contribution in [3.63, 3.8) is 0 Å². The molecule has 1 aromatic heterocycles. The molecule has 0 bridgehead atoms. The number of rotatable bonds is 5. The standard InChI is InChI=1S/C20H14ClN3O2S2/c21-18-9-5-4-8-17(18)19-22-20(27-23-19)24-28(25,26)16-12-10-15(11-13-16)14-6-2-1-3-7-14/h1-13H,(H,22,23,24). The fraction of sp³-hybridized carbons (Fsp3) is 0. The molecule has 0 amide bonds. The van der Waals surface area contributed by atoms with Gasteiger partial charge in [-0.2, -0.15) is 9.36 Å². The maximum atomic E-state index is 12.7. The van der Waals surface area contributed by atoms with Crippen LogP contribution in [0.3, 0.4) is 0 Å². The molecule has 0 aliphatic heterocycles. The van der Waals surface area contributed by atoms with Crippen molar-refractivity contribution in [3.05, 3.63) is 83.9 Å². The lowest BCUT2D eigenvalue weighted by molar-refractivity contribution is 0.601. The predicted molar refractivity (Wildman–Crippen MR) is 113 cm³/mol. The van der Waals surface area contributed by atoms with Gasteiger partial charge in [0.15, 0.2) is 5.82 Å². The topological polar surface area (TPSA) is 72.0 Å². The molecule has 5 nitrogen and oxygen atoms in total. The van der Waals surface area contributed by atoms with Gasteiger partial charge >= 0.3 is 0 Å². The predicted octanol–water partition coefficient (Wildman–Crippen LogP) is 5.33. The van der Waals surface area contributed by atoms with Crippen LogP contribution in [0.25, 0.3) is 22.5 Å². The molecule has 0 unspecified atom stereocenters. The molecule has 3 aromatic carbocycles. The zero-order chi connectivity index (χ0) is 19.6. The first-order valence-electron chi connectivity index (χ1n) is 8.30. The van der Waals surface area contributed by atoms with Gasteiger partial charge in [0.2, 0.25) is 5.13 Å². The number of sulfonamides is 1. The molecule has 0 aliphatic rings. The van der Waals surface area contributed by atoms with E-state index in [0.29, 0.717) is 16.4 Å². The lowest BCUT2D eigenvalue weighted by atomic mass is 10.1. The largest absolute Gasteiger partial charge is 0.263 e. The number of anilines is 1. The first kappa shape index (κ1) is 18.6. The number of halogens is 1. The number of aromatic nitrogens is 2. The Kier molecular flexibility index (Phi) is 5.13. The van der Waals surface area contributed by atoms with E-state index in [0.717, 1.165) is 22.7 Å². The van der Waals surface area contributed by atoms with Crippen molar-refractivity contribution in [1.29, 1.82) is 0 Å². The summed E-state index contributed by atoms with van der Waals surface area (Å²) in [6.45, 7) is 0. The molecule has 4 aromatic rings. The van der Waals surface area contributed by atoms with Crippen LogP contribution < -0.4 is 4.72 Å². The van der Waals surface area contributed by atoms with Crippen LogP contribution in [0.2, 0.25) is 5.02 Å². The van der Waals surface area contributed by atoms with E-state index in [1.165, 1.54) is 0 Å². The SMILES string of the molecule is O=S(=O)(Nc1nc(-c2ccccc2Cl)ns1)c1ccc(-c2ccccc2)cc1. The number of hydrogen-bond acceptors (Lipinski definition) is 5. The quantitative estimate of drug-likeness (QED) is 0.467. The van der Waals surface area contributed by atoms with Gasteiger partial charge in [0.05, 0.1) is 9.92 Å². The van der Waals surface area contributed by atoms with E-state index in [2.05, 4.69) is 14.1 Å². The summed E-state index contributed by atoms with van der Waals surface area (Å²) in [6, 6.07) is 23.6. The van der Waals surface area contributed by atoms with Crippen LogP contribution in [0, 0.1) is 0 Å². The van der Waals surface area contributed by atoms with Gasteiger partial charge in [0, 0.05) is 17.1 Å². The van der Waals surface area contributed by atoms with Crippen molar-refractivity contribution < 1.29 is 8.42 Å². The average molecular weight is 428 g/mol. The van der Waals surface area contributed by atoms with Gasteiger partial charge in [-0.15, -0.1) is 0 Å². The van der Waals surface area contributed by atoms with Crippen molar-refractivity contribution in [3.8, 4) is 22.5 Å². The number of hydrogen-bond donors (Lipinski definition) is 1. The summed E-state index contributed by atoms with van der Waals surface area (Å²) >= 11 is 7.11. The van der Waals surface area contributed by atoms with E-state index < -0.39 is 10.0 Å². The van der Waals surface area contributed by atoms with Gasteiger partial charge in [-0.05, 0) is 35.4 Å². The van der Waals surface area contributed by atoms with E-state index in [9.17, 15) is 8.42 Å².